The molecule has 0 saturated carbocycles. The predicted molar refractivity (Wildman–Crippen MR) is 92.6 cm³/mol. The molecule has 118 valence electrons. The third-order valence-corrected chi connectivity index (χ3v) is 6.63. The van der Waals surface area contributed by atoms with E-state index in [-0.39, 0.29) is 17.9 Å². The third-order valence-electron chi connectivity index (χ3n) is 4.24. The van der Waals surface area contributed by atoms with Gasteiger partial charge in [-0.25, -0.2) is 0 Å². The lowest BCUT2D eigenvalue weighted by atomic mass is 10.1. The normalized spacial score (nSPS) is 25.7. The molecule has 0 spiro atoms. The Kier molecular flexibility index (Phi) is 4.41. The highest BCUT2D eigenvalue weighted by Crippen LogP contribution is 2.44. The van der Waals surface area contributed by atoms with Gasteiger partial charge in [0, 0.05) is 18.0 Å². The van der Waals surface area contributed by atoms with Crippen LogP contribution >= 0.6 is 23.5 Å². The van der Waals surface area contributed by atoms with Crippen LogP contribution in [0, 0.1) is 0 Å². The smallest absolute Gasteiger partial charge is 0.252 e. The third kappa shape index (κ3) is 2.74. The van der Waals surface area contributed by atoms with Crippen molar-refractivity contribution in [3.8, 4) is 0 Å². The maximum Gasteiger partial charge on any atom is 0.252 e. The first-order chi connectivity index (χ1) is 10.5. The number of thioether (sulfide) groups is 2. The molecule has 0 bridgehead atoms. The minimum absolute atomic E-state index is 0.154. The van der Waals surface area contributed by atoms with Crippen LogP contribution in [-0.4, -0.2) is 41.2 Å². The van der Waals surface area contributed by atoms with Crippen molar-refractivity contribution >= 4 is 41.0 Å². The van der Waals surface area contributed by atoms with E-state index in [1.165, 1.54) is 11.8 Å². The lowest BCUT2D eigenvalue weighted by Gasteiger charge is -2.38. The summed E-state index contributed by atoms with van der Waals surface area (Å²) in [4.78, 5) is 28.1. The van der Waals surface area contributed by atoms with Gasteiger partial charge in [-0.05, 0) is 43.4 Å². The van der Waals surface area contributed by atoms with Crippen molar-refractivity contribution in [1.29, 1.82) is 0 Å². The molecule has 0 radical (unpaired) electrons. The standard InChI is InChI=1S/C16H20N2O2S2/c1-16(14(19)17-11-7-9-21-10-8-11)15(20)18(2)12-5-3-4-6-13(12)22-16/h3-6,11H,7-10H2,1-2H3,(H,17,19). The molecule has 0 aliphatic carbocycles. The number of nitrogens with zero attached hydrogens (tertiary/aromatic N) is 1. The number of hydrogen-bond acceptors (Lipinski definition) is 4. The van der Waals surface area contributed by atoms with Crippen LogP contribution in [-0.2, 0) is 9.59 Å². The molecule has 1 aromatic rings. The number of hydrogen-bond donors (Lipinski definition) is 1. The zero-order valence-electron chi connectivity index (χ0n) is 12.8. The predicted octanol–water partition coefficient (Wildman–Crippen LogP) is 2.53. The van der Waals surface area contributed by atoms with Crippen molar-refractivity contribution in [2.45, 2.75) is 35.4 Å². The van der Waals surface area contributed by atoms with Gasteiger partial charge in [0.25, 0.3) is 5.91 Å². The van der Waals surface area contributed by atoms with E-state index in [0.717, 1.165) is 34.9 Å². The van der Waals surface area contributed by atoms with Gasteiger partial charge in [-0.2, -0.15) is 11.8 Å². The molecule has 1 fully saturated rings. The number of nitrogens with one attached hydrogen (secondary N) is 1. The Hall–Kier alpha value is -1.14. The zero-order chi connectivity index (χ0) is 15.7. The number of carbonyl (C=O) groups is 2. The van der Waals surface area contributed by atoms with Crippen LogP contribution in [0.3, 0.4) is 0 Å². The van der Waals surface area contributed by atoms with Gasteiger partial charge in [-0.3, -0.25) is 9.59 Å². The second-order valence-corrected chi connectivity index (χ2v) is 8.51. The van der Waals surface area contributed by atoms with Gasteiger partial charge < -0.3 is 10.2 Å². The van der Waals surface area contributed by atoms with Gasteiger partial charge in [0.1, 0.15) is 0 Å². The molecule has 6 heteroatoms. The molecule has 1 aromatic carbocycles. The summed E-state index contributed by atoms with van der Waals surface area (Å²) in [5.41, 5.74) is 0.872. The minimum Gasteiger partial charge on any atom is -0.352 e. The van der Waals surface area contributed by atoms with E-state index in [9.17, 15) is 9.59 Å². The SMILES string of the molecule is CN1C(=O)C(C)(C(=O)NC2CCSCC2)Sc2ccccc21. The first-order valence-corrected chi connectivity index (χ1v) is 9.44. The monoisotopic (exact) mass is 336 g/mol. The second-order valence-electron chi connectivity index (χ2n) is 5.83. The van der Waals surface area contributed by atoms with Gasteiger partial charge in [0.2, 0.25) is 5.91 Å². The van der Waals surface area contributed by atoms with Gasteiger partial charge in [0.05, 0.1) is 5.69 Å². The van der Waals surface area contributed by atoms with E-state index in [0.29, 0.717) is 0 Å². The summed E-state index contributed by atoms with van der Waals surface area (Å²) in [6, 6.07) is 7.92. The Morgan fingerprint density at radius 3 is 2.73 bits per heavy atom. The van der Waals surface area contributed by atoms with Gasteiger partial charge in [0.15, 0.2) is 4.75 Å². The van der Waals surface area contributed by atoms with Crippen LogP contribution in [0.5, 0.6) is 0 Å². The van der Waals surface area contributed by atoms with Gasteiger partial charge in [-0.15, -0.1) is 0 Å². The van der Waals surface area contributed by atoms with E-state index >= 15 is 0 Å². The van der Waals surface area contributed by atoms with Crippen LogP contribution in [0.2, 0.25) is 0 Å². The highest BCUT2D eigenvalue weighted by atomic mass is 32.2. The highest BCUT2D eigenvalue weighted by Gasteiger charge is 2.48. The maximum atomic E-state index is 12.8. The molecular weight excluding hydrogens is 316 g/mol. The lowest BCUT2D eigenvalue weighted by Crippen LogP contribution is -2.57. The van der Waals surface area contributed by atoms with Crippen LogP contribution in [0.4, 0.5) is 5.69 Å². The maximum absolute atomic E-state index is 12.8. The second kappa shape index (κ2) is 6.16. The van der Waals surface area contributed by atoms with E-state index in [1.54, 1.807) is 18.9 Å². The summed E-state index contributed by atoms with van der Waals surface area (Å²) in [7, 11) is 1.74. The largest absolute Gasteiger partial charge is 0.352 e. The van der Waals surface area contributed by atoms with Crippen molar-refractivity contribution in [2.75, 3.05) is 23.5 Å². The number of rotatable bonds is 2. The molecule has 2 aliphatic rings. The summed E-state index contributed by atoms with van der Waals surface area (Å²) < 4.78 is -1.09. The fourth-order valence-electron chi connectivity index (χ4n) is 2.82. The first-order valence-electron chi connectivity index (χ1n) is 7.47. The van der Waals surface area contributed by atoms with E-state index < -0.39 is 4.75 Å². The molecule has 2 heterocycles. The fourth-order valence-corrected chi connectivity index (χ4v) is 5.20. The van der Waals surface area contributed by atoms with E-state index in [1.807, 2.05) is 36.0 Å². The molecule has 1 saturated heterocycles. The molecule has 22 heavy (non-hydrogen) atoms. The average molecular weight is 336 g/mol. The number of carbonyl (C=O) groups excluding carboxylic acids is 2. The topological polar surface area (TPSA) is 49.4 Å². The summed E-state index contributed by atoms with van der Waals surface area (Å²) in [5, 5.41) is 3.09. The molecule has 1 unspecified atom stereocenters. The molecule has 4 nitrogen and oxygen atoms in total. The number of benzene rings is 1. The molecule has 0 aromatic heterocycles. The summed E-state index contributed by atoms with van der Waals surface area (Å²) in [6.07, 6.45) is 1.97. The molecule has 1 N–H and O–H groups in total. The van der Waals surface area contributed by atoms with E-state index in [2.05, 4.69) is 5.32 Å². The Balaban J connectivity index is 1.82. The average Bonchev–Trinajstić information content (AvgIpc) is 2.54. The molecule has 2 amide bonds. The summed E-state index contributed by atoms with van der Waals surface area (Å²) in [5.74, 6) is 1.83. The Labute approximate surface area is 139 Å². The molecular formula is C16H20N2O2S2. The first kappa shape index (κ1) is 15.7. The Morgan fingerprint density at radius 1 is 1.32 bits per heavy atom. The van der Waals surface area contributed by atoms with Crippen LogP contribution < -0.4 is 10.2 Å². The van der Waals surface area contributed by atoms with Crippen molar-refractivity contribution in [3.63, 3.8) is 0 Å². The highest BCUT2D eigenvalue weighted by molar-refractivity contribution is 8.02. The number of para-hydroxylation sites is 1. The van der Waals surface area contributed by atoms with Gasteiger partial charge >= 0.3 is 0 Å². The van der Waals surface area contributed by atoms with Crippen molar-refractivity contribution in [1.82, 2.24) is 5.32 Å². The Bertz CT molecular complexity index is 602. The van der Waals surface area contributed by atoms with Crippen LogP contribution in [0.15, 0.2) is 29.2 Å². The van der Waals surface area contributed by atoms with Crippen molar-refractivity contribution in [3.05, 3.63) is 24.3 Å². The van der Waals surface area contributed by atoms with Crippen molar-refractivity contribution < 1.29 is 9.59 Å². The Morgan fingerprint density at radius 2 is 2.00 bits per heavy atom. The van der Waals surface area contributed by atoms with Crippen molar-refractivity contribution in [2.24, 2.45) is 0 Å². The van der Waals surface area contributed by atoms with Gasteiger partial charge in [-0.1, -0.05) is 23.9 Å². The number of amides is 2. The fraction of sp³-hybridized carbons (Fsp3) is 0.500. The lowest BCUT2D eigenvalue weighted by molar-refractivity contribution is -0.131. The summed E-state index contributed by atoms with van der Waals surface area (Å²) in [6.45, 7) is 1.74. The molecule has 2 aliphatic heterocycles. The molecule has 1 atom stereocenters. The quantitative estimate of drug-likeness (QED) is 0.843. The van der Waals surface area contributed by atoms with E-state index in [4.69, 9.17) is 0 Å². The number of anilines is 1. The van der Waals surface area contributed by atoms with Crippen LogP contribution in [0.25, 0.3) is 0 Å². The minimum atomic E-state index is -1.09. The molecule has 3 rings (SSSR count). The zero-order valence-corrected chi connectivity index (χ0v) is 14.4. The summed E-state index contributed by atoms with van der Waals surface area (Å²) >= 11 is 3.28. The number of fused-ring (bicyclic) bond motifs is 1. The van der Waals surface area contributed by atoms with Crippen LogP contribution in [0.1, 0.15) is 19.8 Å².